The number of hydrogen-bond donors (Lipinski definition) is 1. The number of hydrogen-bond acceptors (Lipinski definition) is 3. The van der Waals surface area contributed by atoms with Crippen molar-refractivity contribution in [2.75, 3.05) is 11.5 Å². The molecule has 82 valence electrons. The molecule has 0 aromatic heterocycles. The molecule has 0 aliphatic carbocycles. The van der Waals surface area contributed by atoms with Gasteiger partial charge >= 0.3 is 0 Å². The molecule has 1 N–H and O–H groups in total. The zero-order chi connectivity index (χ0) is 10.9. The molecule has 0 aromatic carbocycles. The van der Waals surface area contributed by atoms with Crippen LogP contribution in [0.25, 0.3) is 0 Å². The molecule has 0 spiro atoms. The molecule has 1 saturated heterocycles. The minimum atomic E-state index is -3.06. The molecule has 0 bridgehead atoms. The van der Waals surface area contributed by atoms with E-state index in [9.17, 15) is 13.2 Å². The van der Waals surface area contributed by atoms with Crippen LogP contribution in [0.2, 0.25) is 0 Å². The van der Waals surface area contributed by atoms with E-state index in [2.05, 4.69) is 5.32 Å². The monoisotopic (exact) mass is 239 g/mol. The molecule has 6 heteroatoms. The van der Waals surface area contributed by atoms with Crippen LogP contribution < -0.4 is 5.32 Å². The predicted molar refractivity (Wildman–Crippen MR) is 55.1 cm³/mol. The Bertz CT molecular complexity index is 325. The van der Waals surface area contributed by atoms with Gasteiger partial charge in [0.1, 0.15) is 0 Å². The Morgan fingerprint density at radius 2 is 2.00 bits per heavy atom. The maximum absolute atomic E-state index is 11.3. The van der Waals surface area contributed by atoms with E-state index in [1.54, 1.807) is 13.8 Å². The summed E-state index contributed by atoms with van der Waals surface area (Å²) in [5, 5.41) is 2.14. The average molecular weight is 240 g/mol. The lowest BCUT2D eigenvalue weighted by atomic mass is 10.2. The first-order chi connectivity index (χ1) is 6.32. The fourth-order valence-electron chi connectivity index (χ4n) is 1.29. The molecule has 1 aliphatic heterocycles. The van der Waals surface area contributed by atoms with Gasteiger partial charge in [-0.2, -0.15) is 0 Å². The van der Waals surface area contributed by atoms with Gasteiger partial charge in [-0.3, -0.25) is 4.79 Å². The van der Waals surface area contributed by atoms with Crippen LogP contribution >= 0.6 is 11.6 Å². The Labute approximate surface area is 88.9 Å². The smallest absolute Gasteiger partial charge is 0.222 e. The second-order valence-electron chi connectivity index (χ2n) is 3.86. The minimum absolute atomic E-state index is 0.0420. The average Bonchev–Trinajstić information content (AvgIpc) is 2.24. The Balaban J connectivity index is 2.60. The van der Waals surface area contributed by atoms with Gasteiger partial charge in [0, 0.05) is 5.92 Å². The molecular weight excluding hydrogens is 226 g/mol. The molecule has 14 heavy (non-hydrogen) atoms. The normalized spacial score (nSPS) is 30.6. The Hall–Kier alpha value is -0.290. The van der Waals surface area contributed by atoms with Gasteiger partial charge in [-0.15, -0.1) is 11.6 Å². The molecule has 1 aliphatic rings. The maximum Gasteiger partial charge on any atom is 0.222 e. The summed E-state index contributed by atoms with van der Waals surface area (Å²) in [4.78, 5) is 11.3. The zero-order valence-corrected chi connectivity index (χ0v) is 9.73. The van der Waals surface area contributed by atoms with E-state index in [0.717, 1.165) is 0 Å². The number of rotatable bonds is 2. The summed E-state index contributed by atoms with van der Waals surface area (Å²) in [6.07, 6.45) is 0. The SMILES string of the molecule is CC(C)C(=O)N[C@@H]1CS(=O)(=O)C[C@H]1Cl. The minimum Gasteiger partial charge on any atom is -0.351 e. The van der Waals surface area contributed by atoms with Gasteiger partial charge in [-0.1, -0.05) is 13.8 Å². The van der Waals surface area contributed by atoms with E-state index < -0.39 is 21.3 Å². The van der Waals surface area contributed by atoms with Gasteiger partial charge in [0.2, 0.25) is 5.91 Å². The van der Waals surface area contributed by atoms with Crippen molar-refractivity contribution in [3.63, 3.8) is 0 Å². The molecule has 1 heterocycles. The van der Waals surface area contributed by atoms with Gasteiger partial charge < -0.3 is 5.32 Å². The van der Waals surface area contributed by atoms with Crippen LogP contribution in [0.5, 0.6) is 0 Å². The van der Waals surface area contributed by atoms with Crippen molar-refractivity contribution in [1.82, 2.24) is 5.32 Å². The van der Waals surface area contributed by atoms with Crippen molar-refractivity contribution in [3.8, 4) is 0 Å². The number of alkyl halides is 1. The van der Waals surface area contributed by atoms with Gasteiger partial charge in [-0.05, 0) is 0 Å². The quantitative estimate of drug-likeness (QED) is 0.699. The summed E-state index contributed by atoms with van der Waals surface area (Å²) in [6.45, 7) is 3.50. The topological polar surface area (TPSA) is 63.2 Å². The van der Waals surface area contributed by atoms with Crippen LogP contribution in [-0.2, 0) is 14.6 Å². The van der Waals surface area contributed by atoms with Crippen molar-refractivity contribution in [2.24, 2.45) is 5.92 Å². The first-order valence-electron chi connectivity index (χ1n) is 4.46. The molecule has 1 amide bonds. The van der Waals surface area contributed by atoms with Crippen LogP contribution in [0.1, 0.15) is 13.8 Å². The molecule has 4 nitrogen and oxygen atoms in total. The van der Waals surface area contributed by atoms with Crippen molar-refractivity contribution in [2.45, 2.75) is 25.3 Å². The van der Waals surface area contributed by atoms with E-state index in [1.165, 1.54) is 0 Å². The van der Waals surface area contributed by atoms with E-state index in [-0.39, 0.29) is 23.3 Å². The fraction of sp³-hybridized carbons (Fsp3) is 0.875. The molecule has 0 radical (unpaired) electrons. The number of carbonyl (C=O) groups is 1. The first kappa shape index (κ1) is 11.8. The molecule has 1 fully saturated rings. The van der Waals surface area contributed by atoms with E-state index in [4.69, 9.17) is 11.6 Å². The van der Waals surface area contributed by atoms with Crippen molar-refractivity contribution in [3.05, 3.63) is 0 Å². The van der Waals surface area contributed by atoms with Gasteiger partial charge in [0.15, 0.2) is 9.84 Å². The Morgan fingerprint density at radius 3 is 2.36 bits per heavy atom. The predicted octanol–water partition coefficient (Wildman–Crippen LogP) is 0.163. The molecular formula is C8H14ClNO3S. The standard InChI is InChI=1S/C8H14ClNO3S/c1-5(2)8(11)10-7-4-14(12,13)3-6(7)9/h5-7H,3-4H2,1-2H3,(H,10,11)/t6-,7-/m1/s1. The van der Waals surface area contributed by atoms with Crippen molar-refractivity contribution >= 4 is 27.3 Å². The Morgan fingerprint density at radius 1 is 1.43 bits per heavy atom. The van der Waals surface area contributed by atoms with Crippen LogP contribution in [0.4, 0.5) is 0 Å². The highest BCUT2D eigenvalue weighted by Gasteiger charge is 2.37. The highest BCUT2D eigenvalue weighted by molar-refractivity contribution is 7.91. The first-order valence-corrected chi connectivity index (χ1v) is 6.72. The van der Waals surface area contributed by atoms with Crippen LogP contribution in [0, 0.1) is 5.92 Å². The maximum atomic E-state index is 11.3. The molecule has 0 aromatic rings. The number of halogens is 1. The van der Waals surface area contributed by atoms with Crippen molar-refractivity contribution in [1.29, 1.82) is 0 Å². The number of amides is 1. The van der Waals surface area contributed by atoms with Gasteiger partial charge in [0.25, 0.3) is 0 Å². The van der Waals surface area contributed by atoms with E-state index in [1.807, 2.05) is 0 Å². The summed E-state index contributed by atoms with van der Waals surface area (Å²) in [5.74, 6) is -0.392. The van der Waals surface area contributed by atoms with Gasteiger partial charge in [-0.25, -0.2) is 8.42 Å². The lowest BCUT2D eigenvalue weighted by Gasteiger charge is -2.15. The lowest BCUT2D eigenvalue weighted by molar-refractivity contribution is -0.124. The second kappa shape index (κ2) is 4.06. The zero-order valence-electron chi connectivity index (χ0n) is 8.16. The number of carbonyl (C=O) groups excluding carboxylic acids is 1. The van der Waals surface area contributed by atoms with Crippen LogP contribution in [-0.4, -0.2) is 37.2 Å². The third-order valence-corrected chi connectivity index (χ3v) is 4.51. The summed E-state index contributed by atoms with van der Waals surface area (Å²) in [6, 6.07) is -0.434. The number of sulfone groups is 1. The molecule has 1 rings (SSSR count). The molecule has 2 atom stereocenters. The van der Waals surface area contributed by atoms with E-state index >= 15 is 0 Å². The van der Waals surface area contributed by atoms with Crippen LogP contribution in [0.15, 0.2) is 0 Å². The molecule has 0 saturated carbocycles. The number of nitrogens with one attached hydrogen (secondary N) is 1. The van der Waals surface area contributed by atoms with Gasteiger partial charge in [0.05, 0.1) is 22.9 Å². The third kappa shape index (κ3) is 2.85. The van der Waals surface area contributed by atoms with E-state index in [0.29, 0.717) is 0 Å². The summed E-state index contributed by atoms with van der Waals surface area (Å²) < 4.78 is 22.3. The lowest BCUT2D eigenvalue weighted by Crippen LogP contribution is -2.42. The Kier molecular flexibility index (Phi) is 3.42. The largest absolute Gasteiger partial charge is 0.351 e. The summed E-state index contributed by atoms with van der Waals surface area (Å²) in [5.41, 5.74) is 0. The highest BCUT2D eigenvalue weighted by Crippen LogP contribution is 2.18. The molecule has 0 unspecified atom stereocenters. The highest BCUT2D eigenvalue weighted by atomic mass is 35.5. The summed E-state index contributed by atoms with van der Waals surface area (Å²) in [7, 11) is -3.06. The summed E-state index contributed by atoms with van der Waals surface area (Å²) >= 11 is 5.82. The fourth-order valence-corrected chi connectivity index (χ4v) is 3.84. The van der Waals surface area contributed by atoms with Crippen molar-refractivity contribution < 1.29 is 13.2 Å². The third-order valence-electron chi connectivity index (χ3n) is 2.14. The van der Waals surface area contributed by atoms with Crippen LogP contribution in [0.3, 0.4) is 0 Å². The second-order valence-corrected chi connectivity index (χ2v) is 6.58.